The number of nitrogens with zero attached hydrogens (tertiary/aromatic N) is 1. The molecule has 0 spiro atoms. The lowest BCUT2D eigenvalue weighted by Gasteiger charge is -2.26. The summed E-state index contributed by atoms with van der Waals surface area (Å²) in [5.74, 6) is 0. The van der Waals surface area contributed by atoms with Gasteiger partial charge in [0.15, 0.2) is 0 Å². The second-order valence-electron chi connectivity index (χ2n) is 3.13. The van der Waals surface area contributed by atoms with E-state index < -0.39 is 8.80 Å². The van der Waals surface area contributed by atoms with Crippen LogP contribution in [0.4, 0.5) is 0 Å². The van der Waals surface area contributed by atoms with Crippen LogP contribution in [-0.4, -0.2) is 26.8 Å². The van der Waals surface area contributed by atoms with Crippen LogP contribution in [0.15, 0.2) is 37.2 Å². The van der Waals surface area contributed by atoms with E-state index in [4.69, 9.17) is 0 Å². The van der Waals surface area contributed by atoms with E-state index in [1.807, 2.05) is 12.2 Å². The summed E-state index contributed by atoms with van der Waals surface area (Å²) in [7, 11) is -0.750. The zero-order valence-corrected chi connectivity index (χ0v) is 9.37. The Morgan fingerprint density at radius 3 is 1.92 bits per heavy atom. The molecule has 0 bridgehead atoms. The molecular formula is C10H19NSi. The highest BCUT2D eigenvalue weighted by atomic mass is 28.3. The second-order valence-corrected chi connectivity index (χ2v) is 6.10. The normalized spacial score (nSPS) is 9.58. The summed E-state index contributed by atoms with van der Waals surface area (Å²) in [6.07, 6.45) is 3.82. The molecular weight excluding hydrogens is 162 g/mol. The standard InChI is InChI=1S/C10H19NSi/c1-6-8-11(9-7-2)10(3)12(4)5/h6-7,12H,1-3,8-9H2,4-5H3. The van der Waals surface area contributed by atoms with Gasteiger partial charge >= 0.3 is 0 Å². The average molecular weight is 181 g/mol. The third-order valence-electron chi connectivity index (χ3n) is 1.77. The molecule has 0 aromatic carbocycles. The minimum Gasteiger partial charge on any atom is -0.372 e. The van der Waals surface area contributed by atoms with Crippen molar-refractivity contribution in [3.8, 4) is 0 Å². The Kier molecular flexibility index (Phi) is 5.46. The third-order valence-corrected chi connectivity index (χ3v) is 3.47. The molecule has 12 heavy (non-hydrogen) atoms. The van der Waals surface area contributed by atoms with E-state index >= 15 is 0 Å². The van der Waals surface area contributed by atoms with E-state index in [0.29, 0.717) is 0 Å². The van der Waals surface area contributed by atoms with E-state index in [2.05, 4.69) is 37.7 Å². The van der Waals surface area contributed by atoms with Gasteiger partial charge in [-0.1, -0.05) is 31.8 Å². The third kappa shape index (κ3) is 3.58. The first kappa shape index (κ1) is 11.2. The summed E-state index contributed by atoms with van der Waals surface area (Å²) in [6, 6.07) is 0. The molecule has 0 heterocycles. The summed E-state index contributed by atoms with van der Waals surface area (Å²) < 4.78 is 0. The van der Waals surface area contributed by atoms with Crippen molar-refractivity contribution in [1.29, 1.82) is 0 Å². The minimum atomic E-state index is -0.750. The van der Waals surface area contributed by atoms with Gasteiger partial charge in [0.1, 0.15) is 0 Å². The molecule has 0 aromatic rings. The molecule has 0 aliphatic carbocycles. The number of hydrogen-bond donors (Lipinski definition) is 0. The molecule has 0 unspecified atom stereocenters. The molecule has 2 heteroatoms. The van der Waals surface area contributed by atoms with Crippen molar-refractivity contribution in [3.63, 3.8) is 0 Å². The Morgan fingerprint density at radius 1 is 1.25 bits per heavy atom. The van der Waals surface area contributed by atoms with Crippen molar-refractivity contribution in [2.45, 2.75) is 13.1 Å². The van der Waals surface area contributed by atoms with Crippen molar-refractivity contribution in [3.05, 3.63) is 37.2 Å². The van der Waals surface area contributed by atoms with Gasteiger partial charge in [0.25, 0.3) is 0 Å². The van der Waals surface area contributed by atoms with Crippen LogP contribution in [0.2, 0.25) is 13.1 Å². The monoisotopic (exact) mass is 181 g/mol. The van der Waals surface area contributed by atoms with Crippen LogP contribution in [0.5, 0.6) is 0 Å². The van der Waals surface area contributed by atoms with Gasteiger partial charge in [-0.25, -0.2) is 0 Å². The Hall–Kier alpha value is -0.763. The van der Waals surface area contributed by atoms with E-state index in [1.165, 1.54) is 5.32 Å². The van der Waals surface area contributed by atoms with E-state index in [-0.39, 0.29) is 0 Å². The first-order valence-corrected chi connectivity index (χ1v) is 7.17. The molecule has 0 amide bonds. The van der Waals surface area contributed by atoms with Crippen LogP contribution in [0.3, 0.4) is 0 Å². The summed E-state index contributed by atoms with van der Waals surface area (Å²) >= 11 is 0. The first-order chi connectivity index (χ1) is 5.63. The SMILES string of the molecule is C=CCN(CC=C)C(=C)[SiH](C)C. The van der Waals surface area contributed by atoms with Crippen molar-refractivity contribution < 1.29 is 0 Å². The predicted octanol–water partition coefficient (Wildman–Crippen LogP) is 2.20. The van der Waals surface area contributed by atoms with Gasteiger partial charge < -0.3 is 4.90 Å². The first-order valence-electron chi connectivity index (χ1n) is 4.29. The van der Waals surface area contributed by atoms with Gasteiger partial charge in [-0.15, -0.1) is 13.2 Å². The maximum atomic E-state index is 4.08. The van der Waals surface area contributed by atoms with Gasteiger partial charge in [-0.2, -0.15) is 0 Å². The van der Waals surface area contributed by atoms with Gasteiger partial charge in [-0.05, 0) is 5.32 Å². The van der Waals surface area contributed by atoms with Crippen LogP contribution in [0.1, 0.15) is 0 Å². The Balaban J connectivity index is 4.17. The summed E-state index contributed by atoms with van der Waals surface area (Å²) in [5.41, 5.74) is 0. The molecule has 0 fully saturated rings. The molecule has 68 valence electrons. The molecule has 0 N–H and O–H groups in total. The lowest BCUT2D eigenvalue weighted by atomic mass is 10.5. The number of rotatable bonds is 6. The maximum absolute atomic E-state index is 4.08. The van der Waals surface area contributed by atoms with Crippen molar-refractivity contribution in [2.75, 3.05) is 13.1 Å². The zero-order valence-electron chi connectivity index (χ0n) is 8.21. The van der Waals surface area contributed by atoms with Gasteiger partial charge in [-0.3, -0.25) is 0 Å². The Bertz CT molecular complexity index is 163. The summed E-state index contributed by atoms with van der Waals surface area (Å²) in [5, 5.41) is 1.29. The fraction of sp³-hybridized carbons (Fsp3) is 0.400. The van der Waals surface area contributed by atoms with E-state index in [9.17, 15) is 0 Å². The fourth-order valence-corrected chi connectivity index (χ4v) is 1.93. The maximum Gasteiger partial charge on any atom is 0.0844 e. The molecule has 0 aromatic heterocycles. The molecule has 0 radical (unpaired) electrons. The largest absolute Gasteiger partial charge is 0.372 e. The van der Waals surface area contributed by atoms with Crippen molar-refractivity contribution >= 4 is 8.80 Å². The van der Waals surface area contributed by atoms with Gasteiger partial charge in [0, 0.05) is 13.1 Å². The topological polar surface area (TPSA) is 3.24 Å². The molecule has 1 nitrogen and oxygen atoms in total. The number of hydrogen-bond acceptors (Lipinski definition) is 1. The minimum absolute atomic E-state index is 0.750. The molecule has 0 atom stereocenters. The van der Waals surface area contributed by atoms with Gasteiger partial charge in [0.2, 0.25) is 0 Å². The smallest absolute Gasteiger partial charge is 0.0844 e. The van der Waals surface area contributed by atoms with Gasteiger partial charge in [0.05, 0.1) is 8.80 Å². The van der Waals surface area contributed by atoms with E-state index in [1.54, 1.807) is 0 Å². The summed E-state index contributed by atoms with van der Waals surface area (Å²) in [4.78, 5) is 2.23. The quantitative estimate of drug-likeness (QED) is 0.448. The zero-order chi connectivity index (χ0) is 9.56. The fourth-order valence-electron chi connectivity index (χ4n) is 0.986. The van der Waals surface area contributed by atoms with Crippen molar-refractivity contribution in [1.82, 2.24) is 4.90 Å². The molecule has 0 aliphatic rings. The average Bonchev–Trinajstić information content (AvgIpc) is 2.03. The highest BCUT2D eigenvalue weighted by Crippen LogP contribution is 2.05. The van der Waals surface area contributed by atoms with E-state index in [0.717, 1.165) is 13.1 Å². The summed E-state index contributed by atoms with van der Waals surface area (Å²) in [6.45, 7) is 17.9. The van der Waals surface area contributed by atoms with Crippen LogP contribution in [0, 0.1) is 0 Å². The predicted molar refractivity (Wildman–Crippen MR) is 60.0 cm³/mol. The molecule has 0 rings (SSSR count). The van der Waals surface area contributed by atoms with Crippen molar-refractivity contribution in [2.24, 2.45) is 0 Å². The van der Waals surface area contributed by atoms with Crippen LogP contribution < -0.4 is 0 Å². The lowest BCUT2D eigenvalue weighted by Crippen LogP contribution is -2.29. The Morgan fingerprint density at radius 2 is 1.67 bits per heavy atom. The highest BCUT2D eigenvalue weighted by molar-refractivity contribution is 6.63. The van der Waals surface area contributed by atoms with Crippen LogP contribution in [0.25, 0.3) is 0 Å². The Labute approximate surface area is 77.7 Å². The molecule has 0 saturated heterocycles. The lowest BCUT2D eigenvalue weighted by molar-refractivity contribution is 0.447. The highest BCUT2D eigenvalue weighted by Gasteiger charge is 2.07. The molecule has 0 saturated carbocycles. The van der Waals surface area contributed by atoms with Crippen LogP contribution >= 0.6 is 0 Å². The molecule has 0 aliphatic heterocycles. The second kappa shape index (κ2) is 5.83. The van der Waals surface area contributed by atoms with Crippen LogP contribution in [-0.2, 0) is 0 Å².